The smallest absolute Gasteiger partial charge is 0.307 e. The number of hydrogen-bond donors (Lipinski definition) is 1. The number of nitrogens with one attached hydrogen (secondary N) is 1. The summed E-state index contributed by atoms with van der Waals surface area (Å²) in [7, 11) is 2.92. The van der Waals surface area contributed by atoms with Crippen LogP contribution in [0.5, 0.6) is 5.75 Å². The topological polar surface area (TPSA) is 77.5 Å². The van der Waals surface area contributed by atoms with E-state index in [9.17, 15) is 9.59 Å². The van der Waals surface area contributed by atoms with Crippen LogP contribution in [0, 0.1) is 0 Å². The molecule has 0 spiro atoms. The molecule has 0 radical (unpaired) electrons. The van der Waals surface area contributed by atoms with Crippen molar-refractivity contribution in [1.29, 1.82) is 0 Å². The van der Waals surface area contributed by atoms with Gasteiger partial charge < -0.3 is 14.8 Å². The fraction of sp³-hybridized carbons (Fsp3) is 0.235. The molecule has 6 heteroatoms. The van der Waals surface area contributed by atoms with Crippen LogP contribution in [0.25, 0.3) is 11.3 Å². The first-order valence-electron chi connectivity index (χ1n) is 7.09. The highest BCUT2D eigenvalue weighted by Crippen LogP contribution is 2.22. The van der Waals surface area contributed by atoms with Crippen LogP contribution in [0.15, 0.2) is 42.6 Å². The van der Waals surface area contributed by atoms with E-state index in [-0.39, 0.29) is 24.8 Å². The molecule has 1 amide bonds. The summed E-state index contributed by atoms with van der Waals surface area (Å²) in [6.45, 7) is 0.225. The molecule has 23 heavy (non-hydrogen) atoms. The van der Waals surface area contributed by atoms with E-state index in [0.717, 1.165) is 17.0 Å². The van der Waals surface area contributed by atoms with Crippen molar-refractivity contribution in [1.82, 2.24) is 10.3 Å². The number of carbonyl (C=O) groups excluding carboxylic acids is 2. The average molecular weight is 314 g/mol. The fourth-order valence-electron chi connectivity index (χ4n) is 1.96. The third kappa shape index (κ3) is 4.54. The van der Waals surface area contributed by atoms with Crippen LogP contribution in [0.3, 0.4) is 0 Å². The lowest BCUT2D eigenvalue weighted by atomic mass is 10.1. The van der Waals surface area contributed by atoms with Crippen molar-refractivity contribution >= 4 is 11.9 Å². The Hall–Kier alpha value is -2.89. The lowest BCUT2D eigenvalue weighted by Gasteiger charge is -2.06. The van der Waals surface area contributed by atoms with Gasteiger partial charge in [-0.15, -0.1) is 0 Å². The zero-order valence-electron chi connectivity index (χ0n) is 13.0. The van der Waals surface area contributed by atoms with Crippen LogP contribution in [-0.2, 0) is 9.53 Å². The van der Waals surface area contributed by atoms with Gasteiger partial charge >= 0.3 is 5.97 Å². The van der Waals surface area contributed by atoms with Gasteiger partial charge in [0.25, 0.3) is 5.91 Å². The maximum absolute atomic E-state index is 11.9. The van der Waals surface area contributed by atoms with Crippen molar-refractivity contribution in [3.05, 3.63) is 48.2 Å². The van der Waals surface area contributed by atoms with Crippen molar-refractivity contribution in [2.24, 2.45) is 0 Å². The second kappa shape index (κ2) is 7.93. The molecule has 0 unspecified atom stereocenters. The molecule has 0 aliphatic rings. The molecule has 0 saturated carbocycles. The minimum atomic E-state index is -0.364. The predicted octanol–water partition coefficient (Wildman–Crippen LogP) is 2.05. The molecule has 0 saturated heterocycles. The van der Waals surface area contributed by atoms with Gasteiger partial charge in [-0.3, -0.25) is 14.6 Å². The lowest BCUT2D eigenvalue weighted by Crippen LogP contribution is -2.26. The molecule has 2 rings (SSSR count). The zero-order chi connectivity index (χ0) is 16.7. The molecule has 0 aliphatic carbocycles. The third-order valence-corrected chi connectivity index (χ3v) is 3.23. The molecule has 0 bridgehead atoms. The van der Waals surface area contributed by atoms with Crippen LogP contribution >= 0.6 is 0 Å². The Morgan fingerprint density at radius 3 is 2.65 bits per heavy atom. The van der Waals surface area contributed by atoms with Gasteiger partial charge in [0.05, 0.1) is 31.9 Å². The molecule has 6 nitrogen and oxygen atoms in total. The average Bonchev–Trinajstić information content (AvgIpc) is 2.61. The van der Waals surface area contributed by atoms with E-state index in [1.165, 1.54) is 13.3 Å². The van der Waals surface area contributed by atoms with Crippen molar-refractivity contribution < 1.29 is 19.1 Å². The maximum Gasteiger partial charge on any atom is 0.307 e. The molecule has 1 N–H and O–H groups in total. The minimum Gasteiger partial charge on any atom is -0.497 e. The minimum absolute atomic E-state index is 0.136. The number of benzene rings is 1. The number of pyridine rings is 1. The lowest BCUT2D eigenvalue weighted by molar-refractivity contribution is -0.140. The van der Waals surface area contributed by atoms with E-state index in [1.54, 1.807) is 19.2 Å². The summed E-state index contributed by atoms with van der Waals surface area (Å²) < 4.78 is 9.69. The Balaban J connectivity index is 2.01. The molecule has 1 aromatic carbocycles. The SMILES string of the molecule is COC(=O)CCNC(=O)c1ccc(-c2cccc(OC)c2)nc1. The van der Waals surface area contributed by atoms with E-state index in [2.05, 4.69) is 15.0 Å². The monoisotopic (exact) mass is 314 g/mol. The fourth-order valence-corrected chi connectivity index (χ4v) is 1.96. The van der Waals surface area contributed by atoms with Crippen LogP contribution in [0.1, 0.15) is 16.8 Å². The molecular weight excluding hydrogens is 296 g/mol. The third-order valence-electron chi connectivity index (χ3n) is 3.23. The maximum atomic E-state index is 11.9. The van der Waals surface area contributed by atoms with E-state index in [4.69, 9.17) is 4.74 Å². The van der Waals surface area contributed by atoms with Gasteiger partial charge in [-0.05, 0) is 24.3 Å². The number of ether oxygens (including phenoxy) is 2. The van der Waals surface area contributed by atoms with E-state index < -0.39 is 0 Å². The second-order valence-electron chi connectivity index (χ2n) is 4.75. The highest BCUT2D eigenvalue weighted by molar-refractivity contribution is 5.94. The van der Waals surface area contributed by atoms with Gasteiger partial charge in [0.2, 0.25) is 0 Å². The molecule has 1 aromatic heterocycles. The first-order chi connectivity index (χ1) is 11.1. The van der Waals surface area contributed by atoms with Gasteiger partial charge in [0.1, 0.15) is 5.75 Å². The number of hydrogen-bond acceptors (Lipinski definition) is 5. The van der Waals surface area contributed by atoms with E-state index in [0.29, 0.717) is 5.56 Å². The Bertz CT molecular complexity index is 683. The number of nitrogens with zero attached hydrogens (tertiary/aromatic N) is 1. The van der Waals surface area contributed by atoms with Crippen LogP contribution in [-0.4, -0.2) is 37.6 Å². The Kier molecular flexibility index (Phi) is 5.68. The van der Waals surface area contributed by atoms with Crippen LogP contribution in [0.2, 0.25) is 0 Å². The summed E-state index contributed by atoms with van der Waals surface area (Å²) in [6.07, 6.45) is 1.64. The second-order valence-corrected chi connectivity index (χ2v) is 4.75. The summed E-state index contributed by atoms with van der Waals surface area (Å²) in [5.41, 5.74) is 2.08. The molecule has 0 atom stereocenters. The Morgan fingerprint density at radius 1 is 1.17 bits per heavy atom. The number of aromatic nitrogens is 1. The normalized spacial score (nSPS) is 10.0. The van der Waals surface area contributed by atoms with Crippen molar-refractivity contribution in [2.45, 2.75) is 6.42 Å². The number of esters is 1. The number of methoxy groups -OCH3 is 2. The van der Waals surface area contributed by atoms with Gasteiger partial charge in [0.15, 0.2) is 0 Å². The Morgan fingerprint density at radius 2 is 2.00 bits per heavy atom. The molecule has 120 valence electrons. The van der Waals surface area contributed by atoms with Crippen molar-refractivity contribution in [3.8, 4) is 17.0 Å². The summed E-state index contributed by atoms with van der Waals surface area (Å²) in [6, 6.07) is 11.0. The quantitative estimate of drug-likeness (QED) is 0.826. The van der Waals surface area contributed by atoms with Crippen molar-refractivity contribution in [2.75, 3.05) is 20.8 Å². The number of carbonyl (C=O) groups is 2. The highest BCUT2D eigenvalue weighted by atomic mass is 16.5. The molecule has 1 heterocycles. The molecule has 0 fully saturated rings. The summed E-state index contributed by atoms with van der Waals surface area (Å²) in [5.74, 6) is 0.101. The first kappa shape index (κ1) is 16.5. The van der Waals surface area contributed by atoms with E-state index in [1.807, 2.05) is 24.3 Å². The Labute approximate surface area is 134 Å². The van der Waals surface area contributed by atoms with Gasteiger partial charge in [-0.25, -0.2) is 0 Å². The van der Waals surface area contributed by atoms with Gasteiger partial charge in [0, 0.05) is 18.3 Å². The molecule has 2 aromatic rings. The highest BCUT2D eigenvalue weighted by Gasteiger charge is 2.08. The largest absolute Gasteiger partial charge is 0.497 e. The van der Waals surface area contributed by atoms with E-state index >= 15 is 0 Å². The molecule has 0 aliphatic heterocycles. The van der Waals surface area contributed by atoms with Crippen molar-refractivity contribution in [3.63, 3.8) is 0 Å². The van der Waals surface area contributed by atoms with Gasteiger partial charge in [-0.1, -0.05) is 12.1 Å². The number of amides is 1. The summed E-state index contributed by atoms with van der Waals surface area (Å²) >= 11 is 0. The van der Waals surface area contributed by atoms with Crippen LogP contribution < -0.4 is 10.1 Å². The zero-order valence-corrected chi connectivity index (χ0v) is 13.0. The standard InChI is InChI=1S/C17H18N2O4/c1-22-14-5-3-4-12(10-14)15-7-6-13(11-19-15)17(21)18-9-8-16(20)23-2/h3-7,10-11H,8-9H2,1-2H3,(H,18,21). The predicted molar refractivity (Wildman–Crippen MR) is 85.2 cm³/mol. The van der Waals surface area contributed by atoms with Crippen LogP contribution in [0.4, 0.5) is 0 Å². The van der Waals surface area contributed by atoms with Gasteiger partial charge in [-0.2, -0.15) is 0 Å². The molecular formula is C17H18N2O4. The summed E-state index contributed by atoms with van der Waals surface area (Å²) in [5, 5.41) is 2.64. The summed E-state index contributed by atoms with van der Waals surface area (Å²) in [4.78, 5) is 27.2. The number of rotatable bonds is 6. The first-order valence-corrected chi connectivity index (χ1v) is 7.09.